The van der Waals surface area contributed by atoms with Crippen molar-refractivity contribution in [2.45, 2.75) is 6.54 Å². The predicted molar refractivity (Wildman–Crippen MR) is 117 cm³/mol. The highest BCUT2D eigenvalue weighted by molar-refractivity contribution is 5.98. The van der Waals surface area contributed by atoms with E-state index in [2.05, 4.69) is 5.32 Å². The normalized spacial score (nSPS) is 11.2. The van der Waals surface area contributed by atoms with E-state index >= 15 is 0 Å². The van der Waals surface area contributed by atoms with Gasteiger partial charge in [0.15, 0.2) is 34.3 Å². The van der Waals surface area contributed by atoms with Gasteiger partial charge < -0.3 is 35.3 Å². The van der Waals surface area contributed by atoms with Crippen molar-refractivity contribution in [1.82, 2.24) is 5.32 Å². The van der Waals surface area contributed by atoms with Crippen molar-refractivity contribution in [3.63, 3.8) is 0 Å². The van der Waals surface area contributed by atoms with Gasteiger partial charge in [-0.3, -0.25) is 4.79 Å². The lowest BCUT2D eigenvalue weighted by Crippen LogP contribution is -2.20. The molecule has 6 N–H and O–H groups in total. The van der Waals surface area contributed by atoms with Gasteiger partial charge in [0.2, 0.25) is 5.91 Å². The van der Waals surface area contributed by atoms with Crippen LogP contribution < -0.4 is 5.32 Å². The van der Waals surface area contributed by atoms with Crippen LogP contribution in [0.2, 0.25) is 0 Å². The molecule has 3 aromatic carbocycles. The highest BCUT2D eigenvalue weighted by atomic mass is 16.4. The molecule has 0 saturated carbocycles. The van der Waals surface area contributed by atoms with E-state index < -0.39 is 0 Å². The molecule has 1 heterocycles. The van der Waals surface area contributed by atoms with Gasteiger partial charge >= 0.3 is 0 Å². The topological polar surface area (TPSA) is 143 Å². The van der Waals surface area contributed by atoms with Crippen LogP contribution in [-0.4, -0.2) is 31.4 Å². The van der Waals surface area contributed by atoms with Crippen LogP contribution >= 0.6 is 0 Å². The fraction of sp³-hybridized carbons (Fsp3) is 0.0417. The first-order chi connectivity index (χ1) is 15.3. The van der Waals surface area contributed by atoms with Crippen molar-refractivity contribution in [2.75, 3.05) is 0 Å². The molecular weight excluding hydrogens is 414 g/mol. The molecule has 0 aliphatic rings. The second-order valence-corrected chi connectivity index (χ2v) is 7.11. The van der Waals surface area contributed by atoms with Crippen molar-refractivity contribution >= 4 is 23.0 Å². The van der Waals surface area contributed by atoms with Crippen LogP contribution in [0.5, 0.6) is 28.7 Å². The Balaban J connectivity index is 1.55. The van der Waals surface area contributed by atoms with E-state index in [9.17, 15) is 30.3 Å². The smallest absolute Gasteiger partial charge is 0.244 e. The predicted octanol–water partition coefficient (Wildman–Crippen LogP) is 3.96. The van der Waals surface area contributed by atoms with Gasteiger partial charge in [-0.25, -0.2) is 0 Å². The maximum absolute atomic E-state index is 12.2. The van der Waals surface area contributed by atoms with Crippen LogP contribution in [0.4, 0.5) is 0 Å². The summed E-state index contributed by atoms with van der Waals surface area (Å²) in [4.78, 5) is 12.2. The number of nitrogens with one attached hydrogen (secondary N) is 1. The van der Waals surface area contributed by atoms with Crippen LogP contribution in [0.15, 0.2) is 65.1 Å². The van der Waals surface area contributed by atoms with E-state index in [0.717, 1.165) is 0 Å². The summed E-state index contributed by atoms with van der Waals surface area (Å²) in [5, 5.41) is 51.5. The molecule has 0 aliphatic carbocycles. The van der Waals surface area contributed by atoms with Crippen LogP contribution in [0.25, 0.3) is 28.4 Å². The number of phenols is 5. The molecule has 0 bridgehead atoms. The molecule has 0 radical (unpaired) electrons. The van der Waals surface area contributed by atoms with Gasteiger partial charge in [-0.15, -0.1) is 0 Å². The Morgan fingerprint density at radius 2 is 1.50 bits per heavy atom. The van der Waals surface area contributed by atoms with Crippen molar-refractivity contribution in [2.24, 2.45) is 0 Å². The largest absolute Gasteiger partial charge is 0.504 e. The van der Waals surface area contributed by atoms with Crippen molar-refractivity contribution < 1.29 is 34.7 Å². The van der Waals surface area contributed by atoms with E-state index in [1.165, 1.54) is 36.4 Å². The molecule has 0 unspecified atom stereocenters. The minimum Gasteiger partial charge on any atom is -0.504 e. The van der Waals surface area contributed by atoms with E-state index in [1.807, 2.05) is 0 Å². The summed E-state index contributed by atoms with van der Waals surface area (Å²) >= 11 is 0. The zero-order valence-electron chi connectivity index (χ0n) is 16.6. The van der Waals surface area contributed by atoms with Gasteiger partial charge in [0.1, 0.15) is 5.76 Å². The molecule has 4 aromatic rings. The summed E-state index contributed by atoms with van der Waals surface area (Å²) < 4.78 is 5.73. The second kappa shape index (κ2) is 8.27. The Labute approximate surface area is 181 Å². The molecule has 8 heteroatoms. The number of benzene rings is 3. The molecule has 0 aliphatic heterocycles. The fourth-order valence-corrected chi connectivity index (χ4v) is 3.19. The summed E-state index contributed by atoms with van der Waals surface area (Å²) in [7, 11) is 0. The number of carbonyl (C=O) groups is 1. The van der Waals surface area contributed by atoms with Crippen LogP contribution in [0, 0.1) is 0 Å². The van der Waals surface area contributed by atoms with E-state index in [1.54, 1.807) is 30.3 Å². The van der Waals surface area contributed by atoms with Gasteiger partial charge in [0.25, 0.3) is 0 Å². The van der Waals surface area contributed by atoms with Crippen LogP contribution in [0.1, 0.15) is 11.1 Å². The van der Waals surface area contributed by atoms with Crippen molar-refractivity contribution in [3.05, 3.63) is 71.8 Å². The molecule has 1 aromatic heterocycles. The second-order valence-electron chi connectivity index (χ2n) is 7.11. The van der Waals surface area contributed by atoms with Crippen LogP contribution in [0.3, 0.4) is 0 Å². The Morgan fingerprint density at radius 3 is 2.22 bits per heavy atom. The number of amides is 1. The number of phenolic OH excluding ortho intramolecular Hbond substituents is 5. The summed E-state index contributed by atoms with van der Waals surface area (Å²) in [5.74, 6) is -1.16. The summed E-state index contributed by atoms with van der Waals surface area (Å²) in [6.45, 7) is 0.155. The molecule has 1 amide bonds. The number of furan rings is 1. The van der Waals surface area contributed by atoms with E-state index in [0.29, 0.717) is 27.8 Å². The number of rotatable bonds is 5. The number of hydrogen-bond donors (Lipinski definition) is 6. The molecule has 4 rings (SSSR count). The molecule has 8 nitrogen and oxygen atoms in total. The summed E-state index contributed by atoms with van der Waals surface area (Å²) in [5.41, 5.74) is 1.95. The third kappa shape index (κ3) is 4.15. The average molecular weight is 433 g/mol. The van der Waals surface area contributed by atoms with Crippen LogP contribution in [-0.2, 0) is 11.3 Å². The number of hydrogen-bond acceptors (Lipinski definition) is 7. The van der Waals surface area contributed by atoms with Gasteiger partial charge in [0, 0.05) is 23.6 Å². The fourth-order valence-electron chi connectivity index (χ4n) is 3.19. The first kappa shape index (κ1) is 20.7. The third-order valence-corrected chi connectivity index (χ3v) is 4.88. The first-order valence-corrected chi connectivity index (χ1v) is 9.56. The molecular formula is C24H19NO7. The molecule has 162 valence electrons. The number of fused-ring (bicyclic) bond motifs is 1. The SMILES string of the molecule is O=C(/C=C/c1ccc(O)c2oc(-c3ccc(O)c(O)c3)cc12)NCc1ccc(O)c(O)c1. The van der Waals surface area contributed by atoms with Crippen molar-refractivity contribution in [1.29, 1.82) is 0 Å². The number of carbonyl (C=O) groups excluding carboxylic acids is 1. The Morgan fingerprint density at radius 1 is 0.812 bits per heavy atom. The van der Waals surface area contributed by atoms with Gasteiger partial charge in [0.05, 0.1) is 0 Å². The molecule has 0 saturated heterocycles. The lowest BCUT2D eigenvalue weighted by atomic mass is 10.1. The zero-order valence-corrected chi connectivity index (χ0v) is 16.6. The van der Waals surface area contributed by atoms with E-state index in [4.69, 9.17) is 4.42 Å². The molecule has 0 fully saturated rings. The first-order valence-electron chi connectivity index (χ1n) is 9.56. The summed E-state index contributed by atoms with van der Waals surface area (Å²) in [6, 6.07) is 13.3. The average Bonchev–Trinajstić information content (AvgIpc) is 3.22. The Hall–Kier alpha value is -4.59. The van der Waals surface area contributed by atoms with Gasteiger partial charge in [-0.1, -0.05) is 12.1 Å². The molecule has 0 atom stereocenters. The minimum atomic E-state index is -0.383. The lowest BCUT2D eigenvalue weighted by Gasteiger charge is -2.04. The maximum Gasteiger partial charge on any atom is 0.244 e. The van der Waals surface area contributed by atoms with E-state index in [-0.39, 0.29) is 46.8 Å². The highest BCUT2D eigenvalue weighted by Crippen LogP contribution is 2.37. The highest BCUT2D eigenvalue weighted by Gasteiger charge is 2.14. The maximum atomic E-state index is 12.2. The van der Waals surface area contributed by atoms with Gasteiger partial charge in [-0.2, -0.15) is 0 Å². The Bertz CT molecular complexity index is 1350. The quantitative estimate of drug-likeness (QED) is 0.206. The number of aromatic hydroxyl groups is 5. The lowest BCUT2D eigenvalue weighted by molar-refractivity contribution is -0.116. The third-order valence-electron chi connectivity index (χ3n) is 4.88. The summed E-state index contributed by atoms with van der Waals surface area (Å²) in [6.07, 6.45) is 2.89. The Kier molecular flexibility index (Phi) is 5.34. The molecule has 32 heavy (non-hydrogen) atoms. The van der Waals surface area contributed by atoms with Gasteiger partial charge in [-0.05, 0) is 59.7 Å². The standard InChI is InChI=1S/C24H19NO7/c26-17-5-1-13(9-20(17)29)12-25-23(31)8-4-14-2-7-19(28)24-16(14)11-22(32-24)15-3-6-18(27)21(30)10-15/h1-11,26-30H,12H2,(H,25,31)/b8-4+. The molecule has 0 spiro atoms. The van der Waals surface area contributed by atoms with Crippen molar-refractivity contribution in [3.8, 4) is 40.1 Å². The minimum absolute atomic E-state index is 0.0806. The zero-order chi connectivity index (χ0) is 22.8. The monoisotopic (exact) mass is 433 g/mol.